The Kier molecular flexibility index (Phi) is 9.18. The van der Waals surface area contributed by atoms with E-state index in [4.69, 9.17) is 4.74 Å². The van der Waals surface area contributed by atoms with Crippen molar-refractivity contribution < 1.29 is 34.1 Å². The molecule has 1 unspecified atom stereocenters. The number of H-pyrrole nitrogens is 1. The van der Waals surface area contributed by atoms with Crippen molar-refractivity contribution in [3.63, 3.8) is 0 Å². The molecule has 1 aromatic heterocycles. The molecule has 0 radical (unpaired) electrons. The Labute approximate surface area is 225 Å². The van der Waals surface area contributed by atoms with E-state index >= 15 is 0 Å². The number of carbonyl (C=O) groups is 4. The van der Waals surface area contributed by atoms with E-state index in [1.54, 1.807) is 39.1 Å². The number of carbonyl (C=O) groups excluding carboxylic acids is 3. The van der Waals surface area contributed by atoms with Crippen molar-refractivity contribution in [3.05, 3.63) is 65.9 Å². The summed E-state index contributed by atoms with van der Waals surface area (Å²) >= 11 is 0. The van der Waals surface area contributed by atoms with E-state index in [0.717, 1.165) is 16.5 Å². The van der Waals surface area contributed by atoms with Gasteiger partial charge < -0.3 is 35.9 Å². The number of benzene rings is 2. The number of rotatable bonds is 10. The number of aromatic hydroxyl groups is 1. The summed E-state index contributed by atoms with van der Waals surface area (Å²) in [6.45, 7) is 6.47. The number of nitrogens with one attached hydrogen (secondary N) is 4. The van der Waals surface area contributed by atoms with Crippen molar-refractivity contribution in [2.75, 3.05) is 0 Å². The van der Waals surface area contributed by atoms with Crippen molar-refractivity contribution in [2.45, 2.75) is 64.3 Å². The van der Waals surface area contributed by atoms with Crippen LogP contribution in [-0.2, 0) is 32.0 Å². The number of carboxylic acid groups (broad SMARTS) is 1. The third-order valence-corrected chi connectivity index (χ3v) is 5.85. The van der Waals surface area contributed by atoms with E-state index in [1.807, 2.05) is 24.3 Å². The number of aliphatic carboxylic acids is 1. The number of alkyl carbamates (subject to hydrolysis) is 1. The molecule has 11 nitrogen and oxygen atoms in total. The molecule has 1 heterocycles. The standard InChI is InChI=1S/C28H34N4O7/c1-16(24(34)31-23(26(36)37)14-18-15-29-21-8-6-5-7-20(18)21)30-25(35)22(32-27(38)39-28(2,3)4)13-17-9-11-19(33)12-10-17/h5-12,15-16,22-23,29,33H,13-14H2,1-4H3,(H,30,35)(H,31,34)(H,32,38)(H,36,37)/t16?,22-,23-/m1/s1. The van der Waals surface area contributed by atoms with Gasteiger partial charge in [0.1, 0.15) is 29.5 Å². The summed E-state index contributed by atoms with van der Waals surface area (Å²) in [6, 6.07) is 10.1. The zero-order chi connectivity index (χ0) is 28.7. The van der Waals surface area contributed by atoms with E-state index in [1.165, 1.54) is 19.1 Å². The third kappa shape index (κ3) is 8.49. The number of carboxylic acids is 1. The molecule has 0 aliphatic rings. The van der Waals surface area contributed by atoms with Gasteiger partial charge in [-0.15, -0.1) is 0 Å². The Hall–Kier alpha value is -4.54. The highest BCUT2D eigenvalue weighted by molar-refractivity contribution is 5.93. The highest BCUT2D eigenvalue weighted by Crippen LogP contribution is 2.19. The van der Waals surface area contributed by atoms with Gasteiger partial charge in [0.05, 0.1) is 0 Å². The van der Waals surface area contributed by atoms with Crippen molar-refractivity contribution in [3.8, 4) is 5.75 Å². The predicted molar refractivity (Wildman–Crippen MR) is 144 cm³/mol. The van der Waals surface area contributed by atoms with Crippen LogP contribution in [0, 0.1) is 0 Å². The molecule has 0 bridgehead atoms. The zero-order valence-electron chi connectivity index (χ0n) is 22.3. The van der Waals surface area contributed by atoms with Crippen LogP contribution >= 0.6 is 0 Å². The fraction of sp³-hybridized carbons (Fsp3) is 0.357. The summed E-state index contributed by atoms with van der Waals surface area (Å²) in [4.78, 5) is 53.4. The summed E-state index contributed by atoms with van der Waals surface area (Å²) in [5, 5.41) is 27.7. The number of para-hydroxylation sites is 1. The van der Waals surface area contributed by atoms with Gasteiger partial charge >= 0.3 is 12.1 Å². The predicted octanol–water partition coefficient (Wildman–Crippen LogP) is 2.63. The van der Waals surface area contributed by atoms with E-state index in [9.17, 15) is 29.4 Å². The summed E-state index contributed by atoms with van der Waals surface area (Å²) in [7, 11) is 0. The number of fused-ring (bicyclic) bond motifs is 1. The molecule has 0 saturated carbocycles. The number of aromatic nitrogens is 1. The molecular formula is C28H34N4O7. The summed E-state index contributed by atoms with van der Waals surface area (Å²) in [5.41, 5.74) is 1.42. The van der Waals surface area contributed by atoms with Crippen LogP contribution in [0.2, 0.25) is 0 Å². The summed E-state index contributed by atoms with van der Waals surface area (Å²) in [6.07, 6.45) is 0.977. The van der Waals surface area contributed by atoms with Crippen LogP contribution in [0.1, 0.15) is 38.8 Å². The molecule has 0 fully saturated rings. The normalized spacial score (nSPS) is 13.6. The highest BCUT2D eigenvalue weighted by Gasteiger charge is 2.29. The SMILES string of the molecule is CC(NC(=O)[C@@H](Cc1ccc(O)cc1)NC(=O)OC(C)(C)C)C(=O)N[C@H](Cc1c[nH]c2ccccc12)C(=O)O. The first-order valence-electron chi connectivity index (χ1n) is 12.5. The lowest BCUT2D eigenvalue weighted by Crippen LogP contribution is -2.55. The first-order chi connectivity index (χ1) is 18.3. The quantitative estimate of drug-likeness (QED) is 0.230. The first kappa shape index (κ1) is 29.0. The molecule has 39 heavy (non-hydrogen) atoms. The van der Waals surface area contributed by atoms with E-state index in [2.05, 4.69) is 20.9 Å². The van der Waals surface area contributed by atoms with Gasteiger partial charge in [0.25, 0.3) is 0 Å². The monoisotopic (exact) mass is 538 g/mol. The van der Waals surface area contributed by atoms with Crippen LogP contribution in [-0.4, -0.2) is 62.8 Å². The summed E-state index contributed by atoms with van der Waals surface area (Å²) < 4.78 is 5.27. The minimum absolute atomic E-state index is 0.0371. The molecule has 6 N–H and O–H groups in total. The molecule has 2 aromatic carbocycles. The average Bonchev–Trinajstić information content (AvgIpc) is 3.26. The van der Waals surface area contributed by atoms with Gasteiger partial charge in [0, 0.05) is 29.9 Å². The lowest BCUT2D eigenvalue weighted by molar-refractivity contribution is -0.142. The molecule has 3 amide bonds. The third-order valence-electron chi connectivity index (χ3n) is 5.85. The maximum absolute atomic E-state index is 13.1. The topological polar surface area (TPSA) is 170 Å². The molecule has 0 spiro atoms. The molecule has 0 aliphatic carbocycles. The number of hydrogen-bond donors (Lipinski definition) is 6. The van der Waals surface area contributed by atoms with Gasteiger partial charge in [0.15, 0.2) is 0 Å². The maximum atomic E-state index is 13.1. The molecular weight excluding hydrogens is 504 g/mol. The van der Waals surface area contributed by atoms with Crippen LogP contribution in [0.15, 0.2) is 54.7 Å². The molecule has 11 heteroatoms. The fourth-order valence-corrected chi connectivity index (χ4v) is 3.92. The second kappa shape index (κ2) is 12.3. The number of phenolic OH excluding ortho intramolecular Hbond substituents is 1. The van der Waals surface area contributed by atoms with Gasteiger partial charge in [0.2, 0.25) is 11.8 Å². The molecule has 3 rings (SSSR count). The van der Waals surface area contributed by atoms with Crippen molar-refractivity contribution >= 4 is 34.8 Å². The molecule has 3 aromatic rings. The highest BCUT2D eigenvalue weighted by atomic mass is 16.6. The second-order valence-corrected chi connectivity index (χ2v) is 10.3. The lowest BCUT2D eigenvalue weighted by Gasteiger charge is -2.25. The molecule has 208 valence electrons. The van der Waals surface area contributed by atoms with Crippen molar-refractivity contribution in [2.24, 2.45) is 0 Å². The summed E-state index contributed by atoms with van der Waals surface area (Å²) in [5.74, 6) is -2.54. The zero-order valence-corrected chi connectivity index (χ0v) is 22.3. The van der Waals surface area contributed by atoms with Gasteiger partial charge in [-0.2, -0.15) is 0 Å². The first-order valence-corrected chi connectivity index (χ1v) is 12.5. The van der Waals surface area contributed by atoms with Crippen LogP contribution in [0.25, 0.3) is 10.9 Å². The number of amides is 3. The van der Waals surface area contributed by atoms with Crippen molar-refractivity contribution in [1.29, 1.82) is 0 Å². The van der Waals surface area contributed by atoms with Gasteiger partial charge in [-0.3, -0.25) is 9.59 Å². The Balaban J connectivity index is 1.68. The van der Waals surface area contributed by atoms with E-state index in [-0.39, 0.29) is 18.6 Å². The van der Waals surface area contributed by atoms with E-state index < -0.39 is 47.6 Å². The fourth-order valence-electron chi connectivity index (χ4n) is 3.92. The molecule has 0 aliphatic heterocycles. The smallest absolute Gasteiger partial charge is 0.408 e. The van der Waals surface area contributed by atoms with E-state index in [0.29, 0.717) is 5.56 Å². The number of hydrogen-bond acceptors (Lipinski definition) is 6. The van der Waals surface area contributed by atoms with Gasteiger partial charge in [-0.05, 0) is 57.0 Å². The number of aromatic amines is 1. The molecule has 3 atom stereocenters. The van der Waals surface area contributed by atoms with Gasteiger partial charge in [-0.1, -0.05) is 30.3 Å². The lowest BCUT2D eigenvalue weighted by atomic mass is 10.0. The maximum Gasteiger partial charge on any atom is 0.408 e. The minimum Gasteiger partial charge on any atom is -0.508 e. The van der Waals surface area contributed by atoms with Crippen LogP contribution < -0.4 is 16.0 Å². The van der Waals surface area contributed by atoms with Crippen LogP contribution in [0.3, 0.4) is 0 Å². The Morgan fingerprint density at radius 2 is 1.56 bits per heavy atom. The number of phenols is 1. The number of ether oxygens (including phenoxy) is 1. The van der Waals surface area contributed by atoms with Crippen LogP contribution in [0.5, 0.6) is 5.75 Å². The molecule has 0 saturated heterocycles. The Morgan fingerprint density at radius 3 is 2.21 bits per heavy atom. The average molecular weight is 539 g/mol. The van der Waals surface area contributed by atoms with Crippen molar-refractivity contribution in [1.82, 2.24) is 20.9 Å². The van der Waals surface area contributed by atoms with Gasteiger partial charge in [-0.25, -0.2) is 9.59 Å². The minimum atomic E-state index is -1.23. The largest absolute Gasteiger partial charge is 0.508 e. The van der Waals surface area contributed by atoms with Crippen LogP contribution in [0.4, 0.5) is 4.79 Å². The second-order valence-electron chi connectivity index (χ2n) is 10.3. The Bertz CT molecular complexity index is 1330. The Morgan fingerprint density at radius 1 is 0.897 bits per heavy atom.